The van der Waals surface area contributed by atoms with Crippen LogP contribution in [-0.4, -0.2) is 56.9 Å². The van der Waals surface area contributed by atoms with Gasteiger partial charge in [-0.1, -0.05) is 36.4 Å². The van der Waals surface area contributed by atoms with Gasteiger partial charge in [0.15, 0.2) is 0 Å². The third-order valence-corrected chi connectivity index (χ3v) is 7.35. The third kappa shape index (κ3) is 5.60. The number of aliphatic hydroxyl groups is 2. The highest BCUT2D eigenvalue weighted by molar-refractivity contribution is 5.93. The lowest BCUT2D eigenvalue weighted by Crippen LogP contribution is -2.46. The molecule has 1 aromatic heterocycles. The molecular formula is C28H35N5O3. The van der Waals surface area contributed by atoms with Crippen LogP contribution in [0.25, 0.3) is 22.0 Å². The van der Waals surface area contributed by atoms with Crippen molar-refractivity contribution in [3.8, 4) is 11.1 Å². The largest absolute Gasteiger partial charge is 0.394 e. The van der Waals surface area contributed by atoms with Gasteiger partial charge in [-0.05, 0) is 68.7 Å². The number of nitrogens with one attached hydrogen (secondary N) is 3. The molecule has 8 heteroatoms. The summed E-state index contributed by atoms with van der Waals surface area (Å²) in [5.41, 5.74) is 3.08. The second-order valence-corrected chi connectivity index (χ2v) is 10.2. The van der Waals surface area contributed by atoms with Crippen molar-refractivity contribution >= 4 is 28.6 Å². The highest BCUT2D eigenvalue weighted by atomic mass is 16.3. The predicted molar refractivity (Wildman–Crippen MR) is 142 cm³/mol. The standard InChI is InChI=1S/C28H35N5O3/c1-17(16-34)29-28-32-25-12-7-19(18-5-3-2-4-6-18)15-24(25)26(33-28)30-21-8-10-22(11-9-21)31-27(36)20-13-23(35)14-20/h2-7,12,15,17,20-23,34-35H,8-11,13-14,16H2,1H3,(H,31,36)(H2,29,30,32,33)/t17-,20?,21?,22?,23?/m1/s1. The lowest BCUT2D eigenvalue weighted by atomic mass is 9.81. The normalized spacial score (nSPS) is 24.5. The summed E-state index contributed by atoms with van der Waals surface area (Å²) in [6.45, 7) is 1.88. The van der Waals surface area contributed by atoms with Gasteiger partial charge in [0.1, 0.15) is 5.82 Å². The van der Waals surface area contributed by atoms with E-state index in [1.165, 1.54) is 0 Å². The highest BCUT2D eigenvalue weighted by Crippen LogP contribution is 2.31. The zero-order chi connectivity index (χ0) is 25.1. The van der Waals surface area contributed by atoms with Crippen LogP contribution in [0, 0.1) is 5.92 Å². The Kier molecular flexibility index (Phi) is 7.34. The molecule has 8 nitrogen and oxygen atoms in total. The summed E-state index contributed by atoms with van der Waals surface area (Å²) in [6, 6.07) is 16.7. The van der Waals surface area contributed by atoms with E-state index >= 15 is 0 Å². The molecule has 0 radical (unpaired) electrons. The molecular weight excluding hydrogens is 454 g/mol. The van der Waals surface area contributed by atoms with Crippen LogP contribution in [0.15, 0.2) is 48.5 Å². The third-order valence-electron chi connectivity index (χ3n) is 7.35. The first kappa shape index (κ1) is 24.5. The van der Waals surface area contributed by atoms with Gasteiger partial charge in [0.25, 0.3) is 0 Å². The maximum absolute atomic E-state index is 12.4. The van der Waals surface area contributed by atoms with Crippen LogP contribution in [-0.2, 0) is 4.79 Å². The van der Waals surface area contributed by atoms with Crippen LogP contribution in [0.1, 0.15) is 45.4 Å². The van der Waals surface area contributed by atoms with Gasteiger partial charge in [0.05, 0.1) is 18.2 Å². The average molecular weight is 490 g/mol. The van der Waals surface area contributed by atoms with Crippen molar-refractivity contribution in [3.63, 3.8) is 0 Å². The average Bonchev–Trinajstić information content (AvgIpc) is 2.88. The Morgan fingerprint density at radius 3 is 2.42 bits per heavy atom. The first-order valence-electron chi connectivity index (χ1n) is 13.0. The van der Waals surface area contributed by atoms with Crippen molar-refractivity contribution in [3.05, 3.63) is 48.5 Å². The van der Waals surface area contributed by atoms with E-state index in [9.17, 15) is 15.0 Å². The van der Waals surface area contributed by atoms with Crippen LogP contribution in [0.4, 0.5) is 11.8 Å². The van der Waals surface area contributed by atoms with Gasteiger partial charge in [-0.2, -0.15) is 4.98 Å². The fourth-order valence-corrected chi connectivity index (χ4v) is 5.08. The molecule has 190 valence electrons. The summed E-state index contributed by atoms with van der Waals surface area (Å²) < 4.78 is 0. The molecule has 1 atom stereocenters. The molecule has 0 saturated heterocycles. The Balaban J connectivity index is 1.32. The van der Waals surface area contributed by atoms with Gasteiger partial charge >= 0.3 is 0 Å². The predicted octanol–water partition coefficient (Wildman–Crippen LogP) is 3.70. The number of carbonyl (C=O) groups excluding carboxylic acids is 1. The topological polar surface area (TPSA) is 119 Å². The minimum atomic E-state index is -0.314. The fraction of sp³-hybridized carbons (Fsp3) is 0.464. The maximum Gasteiger partial charge on any atom is 0.225 e. The van der Waals surface area contributed by atoms with E-state index in [4.69, 9.17) is 9.97 Å². The first-order valence-corrected chi connectivity index (χ1v) is 13.0. The Labute approximate surface area is 211 Å². The van der Waals surface area contributed by atoms with E-state index in [-0.39, 0.29) is 42.7 Å². The second kappa shape index (κ2) is 10.8. The summed E-state index contributed by atoms with van der Waals surface area (Å²) in [7, 11) is 0. The minimum Gasteiger partial charge on any atom is -0.394 e. The molecule has 1 amide bonds. The molecule has 36 heavy (non-hydrogen) atoms. The molecule has 1 heterocycles. The van der Waals surface area contributed by atoms with Gasteiger partial charge in [-0.15, -0.1) is 0 Å². The molecule has 2 aliphatic rings. The van der Waals surface area contributed by atoms with Crippen LogP contribution < -0.4 is 16.0 Å². The van der Waals surface area contributed by atoms with Crippen molar-refractivity contribution in [1.29, 1.82) is 0 Å². The number of hydrogen-bond acceptors (Lipinski definition) is 7. The van der Waals surface area contributed by atoms with Gasteiger partial charge in [0, 0.05) is 29.4 Å². The Morgan fingerprint density at radius 1 is 1.00 bits per heavy atom. The molecule has 0 bridgehead atoms. The molecule has 5 rings (SSSR count). The number of anilines is 2. The number of hydrogen-bond donors (Lipinski definition) is 5. The molecule has 2 aliphatic carbocycles. The molecule has 2 saturated carbocycles. The Bertz CT molecular complexity index is 1190. The van der Waals surface area contributed by atoms with Crippen LogP contribution in [0.3, 0.4) is 0 Å². The summed E-state index contributed by atoms with van der Waals surface area (Å²) in [6.07, 6.45) is 4.52. The molecule has 0 unspecified atom stereocenters. The van der Waals surface area contributed by atoms with Crippen LogP contribution in [0.5, 0.6) is 0 Å². The van der Waals surface area contributed by atoms with Gasteiger partial charge < -0.3 is 26.2 Å². The second-order valence-electron chi connectivity index (χ2n) is 10.2. The van der Waals surface area contributed by atoms with Crippen LogP contribution >= 0.6 is 0 Å². The number of carbonyl (C=O) groups is 1. The van der Waals surface area contributed by atoms with E-state index < -0.39 is 0 Å². The Hall–Kier alpha value is -3.23. The molecule has 2 fully saturated rings. The number of aliphatic hydroxyl groups excluding tert-OH is 2. The molecule has 2 aromatic carbocycles. The highest BCUT2D eigenvalue weighted by Gasteiger charge is 2.34. The smallest absolute Gasteiger partial charge is 0.225 e. The van der Waals surface area contributed by atoms with E-state index in [0.29, 0.717) is 18.8 Å². The number of fused-ring (bicyclic) bond motifs is 1. The summed E-state index contributed by atoms with van der Waals surface area (Å²) in [4.78, 5) is 21.9. The quantitative estimate of drug-likeness (QED) is 0.327. The van der Waals surface area contributed by atoms with Crippen molar-refractivity contribution < 1.29 is 15.0 Å². The lowest BCUT2D eigenvalue weighted by molar-refractivity contribution is -0.132. The molecule has 5 N–H and O–H groups in total. The summed E-state index contributed by atoms with van der Waals surface area (Å²) in [5, 5.41) is 29.9. The van der Waals surface area contributed by atoms with Crippen molar-refractivity contribution in [2.24, 2.45) is 5.92 Å². The summed E-state index contributed by atoms with van der Waals surface area (Å²) >= 11 is 0. The van der Waals surface area contributed by atoms with E-state index in [1.807, 2.05) is 31.2 Å². The molecule has 0 aliphatic heterocycles. The van der Waals surface area contributed by atoms with Gasteiger partial charge in [0.2, 0.25) is 11.9 Å². The Morgan fingerprint density at radius 2 is 1.72 bits per heavy atom. The number of amides is 1. The minimum absolute atomic E-state index is 0.00729. The van der Waals surface area contributed by atoms with Gasteiger partial charge in [-0.25, -0.2) is 4.98 Å². The zero-order valence-electron chi connectivity index (χ0n) is 20.7. The van der Waals surface area contributed by atoms with Crippen LogP contribution in [0.2, 0.25) is 0 Å². The van der Waals surface area contributed by atoms with Crippen molar-refractivity contribution in [2.45, 2.75) is 69.7 Å². The van der Waals surface area contributed by atoms with Crippen molar-refractivity contribution in [2.75, 3.05) is 17.2 Å². The first-order chi connectivity index (χ1) is 17.5. The van der Waals surface area contributed by atoms with E-state index in [0.717, 1.165) is 53.5 Å². The van der Waals surface area contributed by atoms with E-state index in [1.54, 1.807) is 0 Å². The SMILES string of the molecule is C[C@H](CO)Nc1nc(NC2CCC(NC(=O)C3CC(O)C3)CC2)c2cc(-c3ccccc3)ccc2n1. The monoisotopic (exact) mass is 489 g/mol. The van der Waals surface area contributed by atoms with E-state index in [2.05, 4.69) is 40.2 Å². The number of nitrogens with zero attached hydrogens (tertiary/aromatic N) is 2. The lowest BCUT2D eigenvalue weighted by Gasteiger charge is -2.34. The van der Waals surface area contributed by atoms with Gasteiger partial charge in [-0.3, -0.25) is 4.79 Å². The molecule has 3 aromatic rings. The number of rotatable bonds is 8. The summed E-state index contributed by atoms with van der Waals surface area (Å²) in [5.74, 6) is 1.32. The molecule has 0 spiro atoms. The number of aromatic nitrogens is 2. The maximum atomic E-state index is 12.4. The number of benzene rings is 2. The van der Waals surface area contributed by atoms with Crippen molar-refractivity contribution in [1.82, 2.24) is 15.3 Å². The fourth-order valence-electron chi connectivity index (χ4n) is 5.08. The zero-order valence-corrected chi connectivity index (χ0v) is 20.7.